The lowest BCUT2D eigenvalue weighted by Crippen LogP contribution is -2.24. The van der Waals surface area contributed by atoms with Gasteiger partial charge in [-0.05, 0) is 29.3 Å². The van der Waals surface area contributed by atoms with Gasteiger partial charge in [0.1, 0.15) is 0 Å². The predicted octanol–water partition coefficient (Wildman–Crippen LogP) is 4.19. The highest BCUT2D eigenvalue weighted by atomic mass is 35.5. The van der Waals surface area contributed by atoms with Crippen LogP contribution in [0.3, 0.4) is 0 Å². The third-order valence-electron chi connectivity index (χ3n) is 3.04. The van der Waals surface area contributed by atoms with E-state index in [0.717, 1.165) is 0 Å². The molecule has 0 spiro atoms. The molecular weight excluding hydrogens is 380 g/mol. The van der Waals surface area contributed by atoms with E-state index in [2.05, 4.69) is 15.0 Å². The zero-order valence-electron chi connectivity index (χ0n) is 12.7. The number of amides is 1. The lowest BCUT2D eigenvalue weighted by Gasteiger charge is -2.10. The summed E-state index contributed by atoms with van der Waals surface area (Å²) in [5, 5.41) is 3.51. The summed E-state index contributed by atoms with van der Waals surface area (Å²) in [6.07, 6.45) is -3.08. The van der Waals surface area contributed by atoms with E-state index in [-0.39, 0.29) is 24.8 Å². The van der Waals surface area contributed by atoms with Crippen LogP contribution >= 0.6 is 23.2 Å². The molecule has 0 saturated heterocycles. The molecule has 134 valence electrons. The van der Waals surface area contributed by atoms with Crippen molar-refractivity contribution in [3.8, 4) is 5.88 Å². The Bertz CT molecular complexity index is 754. The molecule has 0 unspecified atom stereocenters. The van der Waals surface area contributed by atoms with Crippen LogP contribution in [0.1, 0.15) is 11.1 Å². The van der Waals surface area contributed by atoms with E-state index in [1.165, 1.54) is 12.3 Å². The molecule has 0 radical (unpaired) electrons. The van der Waals surface area contributed by atoms with Crippen molar-refractivity contribution in [2.24, 2.45) is 0 Å². The quantitative estimate of drug-likeness (QED) is 0.801. The largest absolute Gasteiger partial charge is 0.468 e. The zero-order valence-corrected chi connectivity index (χ0v) is 14.3. The van der Waals surface area contributed by atoms with Crippen LogP contribution in [-0.4, -0.2) is 23.7 Å². The standard InChI is InChI=1S/C16H13Cl2F3N2O2/c17-12-2-1-11(13(18)7-12)6-14(24)23-8-10-3-4-22-15(5-10)25-9-16(19,20)21/h1-5,7H,6,8-9H2,(H,23,24). The Balaban J connectivity index is 1.89. The topological polar surface area (TPSA) is 51.2 Å². The molecule has 25 heavy (non-hydrogen) atoms. The van der Waals surface area contributed by atoms with E-state index in [4.69, 9.17) is 23.2 Å². The second-order valence-electron chi connectivity index (χ2n) is 5.10. The Morgan fingerprint density at radius 1 is 1.20 bits per heavy atom. The molecule has 2 rings (SSSR count). The fourth-order valence-electron chi connectivity index (χ4n) is 1.90. The maximum Gasteiger partial charge on any atom is 0.422 e. The highest BCUT2D eigenvalue weighted by molar-refractivity contribution is 6.35. The highest BCUT2D eigenvalue weighted by Crippen LogP contribution is 2.21. The number of hydrogen-bond acceptors (Lipinski definition) is 3. The van der Waals surface area contributed by atoms with Crippen molar-refractivity contribution in [1.29, 1.82) is 0 Å². The molecule has 1 aromatic carbocycles. The number of ether oxygens (including phenoxy) is 1. The number of halogens is 5. The molecule has 1 heterocycles. The summed E-state index contributed by atoms with van der Waals surface area (Å²) in [5.74, 6) is -0.455. The average Bonchev–Trinajstić information content (AvgIpc) is 2.53. The summed E-state index contributed by atoms with van der Waals surface area (Å²) in [5.41, 5.74) is 1.18. The number of carbonyl (C=O) groups is 1. The molecule has 1 aromatic heterocycles. The van der Waals surface area contributed by atoms with Gasteiger partial charge in [0.2, 0.25) is 11.8 Å². The molecule has 0 bridgehead atoms. The van der Waals surface area contributed by atoms with Gasteiger partial charge < -0.3 is 10.1 Å². The minimum absolute atomic E-state index is 0.0541. The van der Waals surface area contributed by atoms with Crippen molar-refractivity contribution < 1.29 is 22.7 Å². The third-order valence-corrected chi connectivity index (χ3v) is 3.63. The number of carbonyl (C=O) groups excluding carboxylic acids is 1. The smallest absolute Gasteiger partial charge is 0.422 e. The minimum atomic E-state index is -4.44. The van der Waals surface area contributed by atoms with Crippen LogP contribution in [0.5, 0.6) is 5.88 Å². The molecule has 0 aliphatic rings. The second-order valence-corrected chi connectivity index (χ2v) is 5.94. The maximum absolute atomic E-state index is 12.1. The van der Waals surface area contributed by atoms with Crippen LogP contribution in [0.15, 0.2) is 36.5 Å². The first kappa shape index (κ1) is 19.3. The van der Waals surface area contributed by atoms with Gasteiger partial charge in [-0.1, -0.05) is 29.3 Å². The Kier molecular flexibility index (Phi) is 6.50. The van der Waals surface area contributed by atoms with Gasteiger partial charge in [0.15, 0.2) is 6.61 Å². The van der Waals surface area contributed by atoms with E-state index < -0.39 is 12.8 Å². The van der Waals surface area contributed by atoms with Crippen molar-refractivity contribution in [2.45, 2.75) is 19.1 Å². The van der Waals surface area contributed by atoms with E-state index >= 15 is 0 Å². The van der Waals surface area contributed by atoms with Crippen molar-refractivity contribution in [3.05, 3.63) is 57.7 Å². The Morgan fingerprint density at radius 3 is 2.64 bits per heavy atom. The zero-order chi connectivity index (χ0) is 18.4. The predicted molar refractivity (Wildman–Crippen MR) is 87.8 cm³/mol. The molecule has 0 atom stereocenters. The molecule has 0 fully saturated rings. The van der Waals surface area contributed by atoms with Crippen molar-refractivity contribution in [2.75, 3.05) is 6.61 Å². The Hall–Kier alpha value is -1.99. The van der Waals surface area contributed by atoms with Gasteiger partial charge in [-0.2, -0.15) is 13.2 Å². The van der Waals surface area contributed by atoms with Crippen LogP contribution in [-0.2, 0) is 17.8 Å². The van der Waals surface area contributed by atoms with Crippen LogP contribution < -0.4 is 10.1 Å². The first-order valence-electron chi connectivity index (χ1n) is 7.08. The fraction of sp³-hybridized carbons (Fsp3) is 0.250. The molecule has 0 aliphatic carbocycles. The van der Waals surface area contributed by atoms with Crippen LogP contribution in [0, 0.1) is 0 Å². The van der Waals surface area contributed by atoms with Crippen LogP contribution in [0.2, 0.25) is 10.0 Å². The highest BCUT2D eigenvalue weighted by Gasteiger charge is 2.28. The number of benzene rings is 1. The van der Waals surface area contributed by atoms with Gasteiger partial charge in [-0.15, -0.1) is 0 Å². The monoisotopic (exact) mass is 392 g/mol. The number of rotatable bonds is 6. The van der Waals surface area contributed by atoms with E-state index in [1.807, 2.05) is 0 Å². The number of pyridine rings is 1. The molecule has 1 amide bonds. The summed E-state index contributed by atoms with van der Waals surface area (Å²) in [4.78, 5) is 15.7. The van der Waals surface area contributed by atoms with Gasteiger partial charge >= 0.3 is 6.18 Å². The van der Waals surface area contributed by atoms with Crippen LogP contribution in [0.25, 0.3) is 0 Å². The molecule has 1 N–H and O–H groups in total. The molecule has 4 nitrogen and oxygen atoms in total. The van der Waals surface area contributed by atoms with Gasteiger partial charge in [0, 0.05) is 28.9 Å². The first-order chi connectivity index (χ1) is 11.7. The van der Waals surface area contributed by atoms with Crippen LogP contribution in [0.4, 0.5) is 13.2 Å². The number of aromatic nitrogens is 1. The van der Waals surface area contributed by atoms with Crippen molar-refractivity contribution in [1.82, 2.24) is 10.3 Å². The van der Waals surface area contributed by atoms with Gasteiger partial charge in [-0.25, -0.2) is 4.98 Å². The van der Waals surface area contributed by atoms with Gasteiger partial charge in [0.05, 0.1) is 6.42 Å². The number of nitrogens with zero attached hydrogens (tertiary/aromatic N) is 1. The van der Waals surface area contributed by atoms with E-state index in [0.29, 0.717) is 21.2 Å². The van der Waals surface area contributed by atoms with Crippen molar-refractivity contribution >= 4 is 29.1 Å². The summed E-state index contributed by atoms with van der Waals surface area (Å²) in [7, 11) is 0. The Morgan fingerprint density at radius 2 is 1.96 bits per heavy atom. The van der Waals surface area contributed by atoms with Crippen molar-refractivity contribution in [3.63, 3.8) is 0 Å². The molecule has 9 heteroatoms. The summed E-state index contributed by atoms with van der Waals surface area (Å²) in [6.45, 7) is -1.31. The normalized spacial score (nSPS) is 11.2. The van der Waals surface area contributed by atoms with Gasteiger partial charge in [-0.3, -0.25) is 4.79 Å². The molecule has 2 aromatic rings. The van der Waals surface area contributed by atoms with Gasteiger partial charge in [0.25, 0.3) is 0 Å². The minimum Gasteiger partial charge on any atom is -0.468 e. The number of nitrogens with one attached hydrogen (secondary N) is 1. The summed E-state index contributed by atoms with van der Waals surface area (Å²) in [6, 6.07) is 7.72. The first-order valence-corrected chi connectivity index (χ1v) is 7.83. The summed E-state index contributed by atoms with van der Waals surface area (Å²) >= 11 is 11.8. The number of alkyl halides is 3. The van der Waals surface area contributed by atoms with E-state index in [1.54, 1.807) is 24.3 Å². The summed E-state index contributed by atoms with van der Waals surface area (Å²) < 4.78 is 41.0. The average molecular weight is 393 g/mol. The molecule has 0 saturated carbocycles. The molecular formula is C16H13Cl2F3N2O2. The SMILES string of the molecule is O=C(Cc1ccc(Cl)cc1Cl)NCc1ccnc(OCC(F)(F)F)c1. The Labute approximate surface area is 151 Å². The fourth-order valence-corrected chi connectivity index (χ4v) is 2.37. The lowest BCUT2D eigenvalue weighted by atomic mass is 10.1. The lowest BCUT2D eigenvalue weighted by molar-refractivity contribution is -0.154. The third kappa shape index (κ3) is 6.80. The molecule has 0 aliphatic heterocycles. The number of hydrogen-bond donors (Lipinski definition) is 1. The van der Waals surface area contributed by atoms with E-state index in [9.17, 15) is 18.0 Å². The maximum atomic E-state index is 12.1. The second kappa shape index (κ2) is 8.40.